The predicted octanol–water partition coefficient (Wildman–Crippen LogP) is 1.26. The predicted molar refractivity (Wildman–Crippen MR) is 28.8 cm³/mol. The lowest BCUT2D eigenvalue weighted by Crippen LogP contribution is -2.20. The monoisotopic (exact) mass is 125 g/mol. The second kappa shape index (κ2) is 1.82. The SMILES string of the molecule is C=CC(N)(Cl)Cl. The Morgan fingerprint density at radius 3 is 1.83 bits per heavy atom. The van der Waals surface area contributed by atoms with Crippen LogP contribution in [-0.2, 0) is 0 Å². The molecule has 6 heavy (non-hydrogen) atoms. The van der Waals surface area contributed by atoms with Crippen molar-refractivity contribution in [1.29, 1.82) is 0 Å². The molecule has 0 aliphatic heterocycles. The third kappa shape index (κ3) is 4.28. The molecule has 0 atom stereocenters. The minimum absolute atomic E-state index is 1.25. The minimum atomic E-state index is -1.25. The van der Waals surface area contributed by atoms with Gasteiger partial charge in [-0.2, -0.15) is 0 Å². The van der Waals surface area contributed by atoms with E-state index in [1.54, 1.807) is 0 Å². The Bertz CT molecular complexity index is 54.3. The van der Waals surface area contributed by atoms with Crippen LogP contribution in [0, 0.1) is 0 Å². The Hall–Kier alpha value is 0.280. The molecule has 0 aliphatic carbocycles. The number of halogens is 2. The Balaban J connectivity index is 3.45. The van der Waals surface area contributed by atoms with E-state index >= 15 is 0 Å². The molecule has 0 aromatic heterocycles. The molecular formula is C3H5Cl2N. The van der Waals surface area contributed by atoms with Gasteiger partial charge in [0, 0.05) is 0 Å². The molecule has 0 unspecified atom stereocenters. The quantitative estimate of drug-likeness (QED) is 0.319. The standard InChI is InChI=1S/C3H5Cl2N/c1-2-3(4,5)6/h2H,1,6H2. The highest BCUT2D eigenvalue weighted by atomic mass is 35.5. The lowest BCUT2D eigenvalue weighted by molar-refractivity contribution is 1.05. The van der Waals surface area contributed by atoms with Gasteiger partial charge in [0.25, 0.3) is 0 Å². The average molecular weight is 126 g/mol. The zero-order chi connectivity index (χ0) is 5.21. The molecule has 0 aromatic carbocycles. The summed E-state index contributed by atoms with van der Waals surface area (Å²) in [5.41, 5.74) is 4.95. The van der Waals surface area contributed by atoms with E-state index < -0.39 is 4.46 Å². The summed E-state index contributed by atoms with van der Waals surface area (Å²) in [5, 5.41) is 0. The Labute approximate surface area is 46.7 Å². The van der Waals surface area contributed by atoms with Crippen molar-refractivity contribution in [1.82, 2.24) is 0 Å². The van der Waals surface area contributed by atoms with Gasteiger partial charge in [0.15, 0.2) is 4.46 Å². The molecule has 0 saturated carbocycles. The number of hydrogen-bond donors (Lipinski definition) is 1. The Kier molecular flexibility index (Phi) is 1.91. The van der Waals surface area contributed by atoms with Crippen molar-refractivity contribution in [3.05, 3.63) is 12.7 Å². The summed E-state index contributed by atoms with van der Waals surface area (Å²) < 4.78 is -1.25. The third-order valence-corrected chi connectivity index (χ3v) is 0.581. The minimum Gasteiger partial charge on any atom is -0.297 e. The first-order valence-corrected chi connectivity index (χ1v) is 2.12. The number of alkyl halides is 2. The van der Waals surface area contributed by atoms with Gasteiger partial charge in [-0.1, -0.05) is 29.8 Å². The van der Waals surface area contributed by atoms with Gasteiger partial charge in [-0.3, -0.25) is 5.73 Å². The summed E-state index contributed by atoms with van der Waals surface area (Å²) >= 11 is 10.3. The molecule has 0 aliphatic rings. The average Bonchev–Trinajstić information content (AvgIpc) is 1.35. The van der Waals surface area contributed by atoms with Crippen molar-refractivity contribution >= 4 is 23.2 Å². The van der Waals surface area contributed by atoms with Crippen molar-refractivity contribution in [3.8, 4) is 0 Å². The molecule has 0 bridgehead atoms. The third-order valence-electron chi connectivity index (χ3n) is 0.272. The fourth-order valence-electron chi connectivity index (χ4n) is 0. The number of nitrogens with two attached hydrogens (primary N) is 1. The van der Waals surface area contributed by atoms with Crippen molar-refractivity contribution in [2.45, 2.75) is 4.46 Å². The first-order chi connectivity index (χ1) is 2.56. The van der Waals surface area contributed by atoms with Gasteiger partial charge in [-0.05, 0) is 6.08 Å². The second-order valence-electron chi connectivity index (χ2n) is 0.879. The van der Waals surface area contributed by atoms with Crippen LogP contribution in [0.2, 0.25) is 0 Å². The van der Waals surface area contributed by atoms with Crippen LogP contribution in [0.15, 0.2) is 12.7 Å². The summed E-state index contributed by atoms with van der Waals surface area (Å²) in [5.74, 6) is 0. The first kappa shape index (κ1) is 6.28. The van der Waals surface area contributed by atoms with Crippen molar-refractivity contribution in [2.75, 3.05) is 0 Å². The van der Waals surface area contributed by atoms with E-state index in [1.807, 2.05) is 0 Å². The highest BCUT2D eigenvalue weighted by Crippen LogP contribution is 2.11. The van der Waals surface area contributed by atoms with Gasteiger partial charge in [0.05, 0.1) is 0 Å². The molecule has 0 rings (SSSR count). The molecule has 0 radical (unpaired) electrons. The molecule has 0 amide bonds. The Morgan fingerprint density at radius 1 is 1.67 bits per heavy atom. The van der Waals surface area contributed by atoms with E-state index in [0.717, 1.165) is 0 Å². The molecule has 2 N–H and O–H groups in total. The smallest absolute Gasteiger partial charge is 0.185 e. The zero-order valence-corrected chi connectivity index (χ0v) is 4.63. The summed E-state index contributed by atoms with van der Waals surface area (Å²) in [6.07, 6.45) is 1.25. The molecule has 3 heteroatoms. The van der Waals surface area contributed by atoms with Crippen LogP contribution < -0.4 is 5.73 Å². The summed E-state index contributed by atoms with van der Waals surface area (Å²) in [6, 6.07) is 0. The second-order valence-corrected chi connectivity index (χ2v) is 2.32. The van der Waals surface area contributed by atoms with Crippen LogP contribution in [-0.4, -0.2) is 4.46 Å². The maximum atomic E-state index is 5.14. The van der Waals surface area contributed by atoms with E-state index in [-0.39, 0.29) is 0 Å². The number of hydrogen-bond acceptors (Lipinski definition) is 1. The van der Waals surface area contributed by atoms with E-state index in [4.69, 9.17) is 28.9 Å². The first-order valence-electron chi connectivity index (χ1n) is 1.36. The van der Waals surface area contributed by atoms with Crippen LogP contribution >= 0.6 is 23.2 Å². The lowest BCUT2D eigenvalue weighted by Gasteiger charge is -2.01. The van der Waals surface area contributed by atoms with Crippen LogP contribution in [0.25, 0.3) is 0 Å². The van der Waals surface area contributed by atoms with Crippen molar-refractivity contribution in [2.24, 2.45) is 5.73 Å². The summed E-state index contributed by atoms with van der Waals surface area (Å²) in [6.45, 7) is 3.24. The fourth-order valence-corrected chi connectivity index (χ4v) is 0. The van der Waals surface area contributed by atoms with Gasteiger partial charge in [-0.25, -0.2) is 0 Å². The highest BCUT2D eigenvalue weighted by Gasteiger charge is 2.07. The fraction of sp³-hybridized carbons (Fsp3) is 0.333. The topological polar surface area (TPSA) is 26.0 Å². The molecule has 0 aromatic rings. The Morgan fingerprint density at radius 2 is 1.83 bits per heavy atom. The van der Waals surface area contributed by atoms with Gasteiger partial charge >= 0.3 is 0 Å². The largest absolute Gasteiger partial charge is 0.297 e. The van der Waals surface area contributed by atoms with Gasteiger partial charge < -0.3 is 0 Å². The zero-order valence-electron chi connectivity index (χ0n) is 3.12. The summed E-state index contributed by atoms with van der Waals surface area (Å²) in [7, 11) is 0. The van der Waals surface area contributed by atoms with Crippen LogP contribution in [0.4, 0.5) is 0 Å². The number of rotatable bonds is 1. The normalized spacial score (nSPS) is 11.2. The van der Waals surface area contributed by atoms with Gasteiger partial charge in [-0.15, -0.1) is 0 Å². The van der Waals surface area contributed by atoms with Gasteiger partial charge in [0.2, 0.25) is 0 Å². The van der Waals surface area contributed by atoms with Crippen LogP contribution in [0.1, 0.15) is 0 Å². The van der Waals surface area contributed by atoms with E-state index in [1.165, 1.54) is 6.08 Å². The molecule has 0 heterocycles. The molecular weight excluding hydrogens is 121 g/mol. The van der Waals surface area contributed by atoms with Crippen LogP contribution in [0.3, 0.4) is 0 Å². The van der Waals surface area contributed by atoms with E-state index in [0.29, 0.717) is 0 Å². The molecule has 1 nitrogen and oxygen atoms in total. The van der Waals surface area contributed by atoms with Crippen LogP contribution in [0.5, 0.6) is 0 Å². The molecule has 0 saturated heterocycles. The van der Waals surface area contributed by atoms with E-state index in [2.05, 4.69) is 6.58 Å². The van der Waals surface area contributed by atoms with Gasteiger partial charge in [0.1, 0.15) is 0 Å². The maximum Gasteiger partial charge on any atom is 0.185 e. The molecule has 36 valence electrons. The summed E-state index contributed by atoms with van der Waals surface area (Å²) in [4.78, 5) is 0. The van der Waals surface area contributed by atoms with E-state index in [9.17, 15) is 0 Å². The molecule has 0 fully saturated rings. The van der Waals surface area contributed by atoms with Crippen molar-refractivity contribution in [3.63, 3.8) is 0 Å². The highest BCUT2D eigenvalue weighted by molar-refractivity contribution is 6.49. The maximum absolute atomic E-state index is 5.14. The molecule has 0 spiro atoms. The lowest BCUT2D eigenvalue weighted by atomic mass is 10.6. The van der Waals surface area contributed by atoms with Crippen molar-refractivity contribution < 1.29 is 0 Å².